The monoisotopic (exact) mass is 231 g/mol. The van der Waals surface area contributed by atoms with Crippen LogP contribution in [0.2, 0.25) is 0 Å². The number of aromatic nitrogens is 2. The van der Waals surface area contributed by atoms with E-state index < -0.39 is 18.0 Å². The first kappa shape index (κ1) is 11.8. The van der Waals surface area contributed by atoms with Crippen LogP contribution >= 0.6 is 0 Å². The predicted octanol–water partition coefficient (Wildman–Crippen LogP) is 1.44. The first-order valence-electron chi connectivity index (χ1n) is 3.71. The van der Waals surface area contributed by atoms with Crippen LogP contribution in [0.3, 0.4) is 0 Å². The molecule has 86 valence electrons. The lowest BCUT2D eigenvalue weighted by molar-refractivity contribution is -0.298. The highest BCUT2D eigenvalue weighted by Crippen LogP contribution is 2.42. The summed E-state index contributed by atoms with van der Waals surface area (Å²) in [4.78, 5) is 2.93. The molecule has 4 nitrogen and oxygen atoms in total. The smallest absolute Gasteiger partial charge is 0.332 e. The van der Waals surface area contributed by atoms with E-state index >= 15 is 0 Å². The summed E-state index contributed by atoms with van der Waals surface area (Å²) >= 11 is 0. The average molecular weight is 231 g/mol. The Morgan fingerprint density at radius 1 is 1.27 bits per heavy atom. The molecule has 0 radical (unpaired) electrons. The molecule has 0 atom stereocenters. The molecule has 9 heteroatoms. The summed E-state index contributed by atoms with van der Waals surface area (Å²) in [6.45, 7) is -0.0581. The van der Waals surface area contributed by atoms with Crippen molar-refractivity contribution in [2.75, 3.05) is 7.05 Å². The zero-order chi connectivity index (χ0) is 11.7. The number of halogens is 5. The third kappa shape index (κ3) is 2.22. The van der Waals surface area contributed by atoms with Crippen molar-refractivity contribution in [1.82, 2.24) is 15.5 Å². The summed E-state index contributed by atoms with van der Waals surface area (Å²) in [6, 6.07) is 0. The van der Waals surface area contributed by atoms with E-state index in [0.29, 0.717) is 0 Å². The van der Waals surface area contributed by atoms with Crippen molar-refractivity contribution in [3.05, 3.63) is 11.7 Å². The van der Waals surface area contributed by atoms with E-state index in [1.807, 2.05) is 0 Å². The summed E-state index contributed by atoms with van der Waals surface area (Å²) in [7, 11) is 1.46. The molecular weight excluding hydrogens is 225 g/mol. The second-order valence-corrected chi connectivity index (χ2v) is 2.62. The van der Waals surface area contributed by atoms with E-state index in [1.165, 1.54) is 7.05 Å². The zero-order valence-electron chi connectivity index (χ0n) is 7.40. The highest BCUT2D eigenvalue weighted by molar-refractivity contribution is 4.97. The standard InChI is InChI=1S/C6H6F5N3O/c1-12-2-3-13-4(15-14-3)5(7,8)6(9,10)11/h12H,2H2,1H3. The first-order valence-corrected chi connectivity index (χ1v) is 3.71. The number of nitrogens with zero attached hydrogens (tertiary/aromatic N) is 2. The first-order chi connectivity index (χ1) is 6.79. The lowest BCUT2D eigenvalue weighted by atomic mass is 10.3. The maximum absolute atomic E-state index is 12.6. The topological polar surface area (TPSA) is 51.0 Å². The fourth-order valence-electron chi connectivity index (χ4n) is 0.733. The van der Waals surface area contributed by atoms with Gasteiger partial charge in [0.05, 0.1) is 6.54 Å². The number of alkyl halides is 5. The van der Waals surface area contributed by atoms with Crippen LogP contribution < -0.4 is 5.32 Å². The van der Waals surface area contributed by atoms with Crippen molar-refractivity contribution >= 4 is 0 Å². The molecule has 0 aliphatic heterocycles. The summed E-state index contributed by atoms with van der Waals surface area (Å²) in [5.41, 5.74) is 0. The highest BCUT2D eigenvalue weighted by Gasteiger charge is 2.63. The van der Waals surface area contributed by atoms with E-state index in [4.69, 9.17) is 0 Å². The molecule has 0 aliphatic rings. The van der Waals surface area contributed by atoms with Crippen molar-refractivity contribution in [1.29, 1.82) is 0 Å². The van der Waals surface area contributed by atoms with Gasteiger partial charge in [-0.1, -0.05) is 5.16 Å². The Kier molecular flexibility index (Phi) is 2.93. The van der Waals surface area contributed by atoms with Gasteiger partial charge in [0.15, 0.2) is 5.82 Å². The minimum Gasteiger partial charge on any atom is -0.332 e. The Morgan fingerprint density at radius 2 is 1.87 bits per heavy atom. The van der Waals surface area contributed by atoms with Gasteiger partial charge in [0.25, 0.3) is 0 Å². The molecule has 0 saturated carbocycles. The molecule has 0 amide bonds. The molecular formula is C6H6F5N3O. The zero-order valence-corrected chi connectivity index (χ0v) is 7.40. The Morgan fingerprint density at radius 3 is 2.33 bits per heavy atom. The van der Waals surface area contributed by atoms with Crippen LogP contribution in [0.15, 0.2) is 4.52 Å². The molecule has 0 aliphatic carbocycles. The molecule has 1 heterocycles. The van der Waals surface area contributed by atoms with Crippen LogP contribution in [0.1, 0.15) is 11.7 Å². The van der Waals surface area contributed by atoms with E-state index in [2.05, 4.69) is 20.0 Å². The van der Waals surface area contributed by atoms with E-state index in [0.717, 1.165) is 0 Å². The van der Waals surface area contributed by atoms with Gasteiger partial charge in [-0.2, -0.15) is 26.9 Å². The molecule has 15 heavy (non-hydrogen) atoms. The van der Waals surface area contributed by atoms with Crippen LogP contribution in [0, 0.1) is 0 Å². The van der Waals surface area contributed by atoms with Gasteiger partial charge >= 0.3 is 18.0 Å². The van der Waals surface area contributed by atoms with Gasteiger partial charge in [-0.15, -0.1) is 0 Å². The number of hydrogen-bond acceptors (Lipinski definition) is 4. The minimum atomic E-state index is -5.74. The van der Waals surface area contributed by atoms with Crippen molar-refractivity contribution < 1.29 is 26.5 Å². The van der Waals surface area contributed by atoms with Gasteiger partial charge < -0.3 is 9.84 Å². The summed E-state index contributed by atoms with van der Waals surface area (Å²) in [5.74, 6) is -7.14. The fraction of sp³-hybridized carbons (Fsp3) is 0.667. The summed E-state index contributed by atoms with van der Waals surface area (Å²) in [6.07, 6.45) is -5.74. The lowest BCUT2D eigenvalue weighted by Gasteiger charge is -2.14. The Labute approximate surface area is 80.5 Å². The molecule has 1 aromatic heterocycles. The van der Waals surface area contributed by atoms with Gasteiger partial charge in [-0.05, 0) is 7.05 Å². The minimum absolute atomic E-state index is 0.0581. The van der Waals surface area contributed by atoms with Crippen molar-refractivity contribution in [3.8, 4) is 0 Å². The number of nitrogens with one attached hydrogen (secondary N) is 1. The largest absolute Gasteiger partial charge is 0.463 e. The summed E-state index contributed by atoms with van der Waals surface area (Å²) < 4.78 is 64.4. The van der Waals surface area contributed by atoms with Gasteiger partial charge in [0, 0.05) is 0 Å². The van der Waals surface area contributed by atoms with Crippen molar-refractivity contribution in [3.63, 3.8) is 0 Å². The normalized spacial score (nSPS) is 13.2. The van der Waals surface area contributed by atoms with Crippen LogP contribution in [-0.2, 0) is 12.5 Å². The average Bonchev–Trinajstić information content (AvgIpc) is 2.51. The van der Waals surface area contributed by atoms with Crippen LogP contribution in [0.5, 0.6) is 0 Å². The van der Waals surface area contributed by atoms with Gasteiger partial charge in [0.2, 0.25) is 0 Å². The molecule has 0 unspecified atom stereocenters. The lowest BCUT2D eigenvalue weighted by Crippen LogP contribution is -2.34. The molecule has 0 aromatic carbocycles. The molecule has 1 rings (SSSR count). The molecule has 0 fully saturated rings. The maximum atomic E-state index is 12.6. The number of rotatable bonds is 3. The third-order valence-electron chi connectivity index (χ3n) is 1.43. The second kappa shape index (κ2) is 3.72. The maximum Gasteiger partial charge on any atom is 0.463 e. The van der Waals surface area contributed by atoms with E-state index in [-0.39, 0.29) is 12.4 Å². The van der Waals surface area contributed by atoms with Crippen molar-refractivity contribution in [2.24, 2.45) is 0 Å². The van der Waals surface area contributed by atoms with Crippen LogP contribution in [0.25, 0.3) is 0 Å². The van der Waals surface area contributed by atoms with Crippen molar-refractivity contribution in [2.45, 2.75) is 18.6 Å². The Bertz CT molecular complexity index is 334. The SMILES string of the molecule is CNCc1noc(C(F)(F)C(F)(F)F)n1. The third-order valence-corrected chi connectivity index (χ3v) is 1.43. The molecule has 1 aromatic rings. The second-order valence-electron chi connectivity index (χ2n) is 2.62. The van der Waals surface area contributed by atoms with Crippen LogP contribution in [-0.4, -0.2) is 23.4 Å². The predicted molar refractivity (Wildman–Crippen MR) is 37.0 cm³/mol. The fourth-order valence-corrected chi connectivity index (χ4v) is 0.733. The Balaban J connectivity index is 2.95. The summed E-state index contributed by atoms with van der Waals surface area (Å²) in [5, 5.41) is 5.43. The molecule has 0 spiro atoms. The van der Waals surface area contributed by atoms with E-state index in [9.17, 15) is 22.0 Å². The van der Waals surface area contributed by atoms with Gasteiger partial charge in [0.1, 0.15) is 0 Å². The number of hydrogen-bond donors (Lipinski definition) is 1. The Hall–Kier alpha value is -1.25. The van der Waals surface area contributed by atoms with Crippen LogP contribution in [0.4, 0.5) is 22.0 Å². The molecule has 0 bridgehead atoms. The highest BCUT2D eigenvalue weighted by atomic mass is 19.4. The molecule has 0 saturated heterocycles. The quantitative estimate of drug-likeness (QED) is 0.800. The van der Waals surface area contributed by atoms with E-state index in [1.54, 1.807) is 0 Å². The molecule has 1 N–H and O–H groups in total. The van der Waals surface area contributed by atoms with Gasteiger partial charge in [-0.3, -0.25) is 0 Å². The van der Waals surface area contributed by atoms with Gasteiger partial charge in [-0.25, -0.2) is 0 Å².